The SMILES string of the molecule is Cc1ncc(F)cc1C=N. The molecule has 0 aliphatic carbocycles. The number of hydrogen-bond acceptors (Lipinski definition) is 2. The van der Waals surface area contributed by atoms with Crippen molar-refractivity contribution in [3.05, 3.63) is 29.3 Å². The Morgan fingerprint density at radius 3 is 2.90 bits per heavy atom. The minimum atomic E-state index is -0.399. The van der Waals surface area contributed by atoms with Crippen LogP contribution in [0, 0.1) is 18.2 Å². The maximum Gasteiger partial charge on any atom is 0.142 e. The highest BCUT2D eigenvalue weighted by atomic mass is 19.1. The van der Waals surface area contributed by atoms with E-state index in [1.165, 1.54) is 6.07 Å². The Balaban J connectivity index is 3.21. The van der Waals surface area contributed by atoms with Gasteiger partial charge in [-0.25, -0.2) is 4.39 Å². The minimum absolute atomic E-state index is 0.399. The van der Waals surface area contributed by atoms with Gasteiger partial charge in [0.25, 0.3) is 0 Å². The molecule has 0 atom stereocenters. The van der Waals surface area contributed by atoms with Crippen LogP contribution in [0.25, 0.3) is 0 Å². The minimum Gasteiger partial charge on any atom is -0.308 e. The zero-order valence-electron chi connectivity index (χ0n) is 5.56. The van der Waals surface area contributed by atoms with E-state index in [9.17, 15) is 4.39 Å². The van der Waals surface area contributed by atoms with E-state index in [4.69, 9.17) is 5.41 Å². The maximum absolute atomic E-state index is 12.4. The predicted molar refractivity (Wildman–Crippen MR) is 36.8 cm³/mol. The van der Waals surface area contributed by atoms with Crippen molar-refractivity contribution in [3.8, 4) is 0 Å². The molecule has 0 aliphatic heterocycles. The van der Waals surface area contributed by atoms with Crippen LogP contribution in [0.5, 0.6) is 0 Å². The number of aromatic nitrogens is 1. The van der Waals surface area contributed by atoms with Crippen molar-refractivity contribution in [3.63, 3.8) is 0 Å². The second-order valence-electron chi connectivity index (χ2n) is 1.97. The van der Waals surface area contributed by atoms with Crippen LogP contribution in [0.1, 0.15) is 11.3 Å². The van der Waals surface area contributed by atoms with Crippen LogP contribution in [0.4, 0.5) is 4.39 Å². The van der Waals surface area contributed by atoms with Crippen LogP contribution in [0.15, 0.2) is 12.3 Å². The number of halogens is 1. The molecule has 3 heteroatoms. The molecule has 0 aliphatic rings. The molecule has 0 bridgehead atoms. The zero-order valence-corrected chi connectivity index (χ0v) is 5.56. The van der Waals surface area contributed by atoms with Crippen LogP contribution < -0.4 is 0 Å². The Morgan fingerprint density at radius 2 is 2.40 bits per heavy atom. The number of pyridine rings is 1. The molecular weight excluding hydrogens is 131 g/mol. The fraction of sp³-hybridized carbons (Fsp3) is 0.143. The summed E-state index contributed by atoms with van der Waals surface area (Å²) in [5, 5.41) is 6.85. The van der Waals surface area contributed by atoms with E-state index in [2.05, 4.69) is 4.98 Å². The Kier molecular flexibility index (Phi) is 1.76. The van der Waals surface area contributed by atoms with Gasteiger partial charge >= 0.3 is 0 Å². The Labute approximate surface area is 58.2 Å². The molecule has 1 rings (SSSR count). The van der Waals surface area contributed by atoms with Gasteiger partial charge in [0.1, 0.15) is 5.82 Å². The summed E-state index contributed by atoms with van der Waals surface area (Å²) in [6.07, 6.45) is 2.23. The zero-order chi connectivity index (χ0) is 7.56. The second-order valence-corrected chi connectivity index (χ2v) is 1.97. The Morgan fingerprint density at radius 1 is 1.70 bits per heavy atom. The number of hydrogen-bond donors (Lipinski definition) is 1. The molecule has 0 unspecified atom stereocenters. The number of aryl methyl sites for hydroxylation is 1. The molecule has 0 amide bonds. The summed E-state index contributed by atoms with van der Waals surface area (Å²) in [4.78, 5) is 3.72. The van der Waals surface area contributed by atoms with Gasteiger partial charge in [0.2, 0.25) is 0 Å². The summed E-state index contributed by atoms with van der Waals surface area (Å²) < 4.78 is 12.4. The molecule has 1 aromatic heterocycles. The predicted octanol–water partition coefficient (Wildman–Crippen LogP) is 1.53. The van der Waals surface area contributed by atoms with E-state index in [1.807, 2.05) is 0 Å². The molecule has 1 aromatic rings. The van der Waals surface area contributed by atoms with Gasteiger partial charge in [0.05, 0.1) is 6.20 Å². The monoisotopic (exact) mass is 138 g/mol. The Hall–Kier alpha value is -1.25. The highest BCUT2D eigenvalue weighted by Crippen LogP contribution is 2.02. The normalized spacial score (nSPS) is 9.40. The summed E-state index contributed by atoms with van der Waals surface area (Å²) >= 11 is 0. The number of nitrogens with one attached hydrogen (secondary N) is 1. The van der Waals surface area contributed by atoms with Gasteiger partial charge in [0, 0.05) is 17.5 Å². The van der Waals surface area contributed by atoms with E-state index in [0.29, 0.717) is 11.3 Å². The van der Waals surface area contributed by atoms with Gasteiger partial charge in [-0.1, -0.05) is 0 Å². The summed E-state index contributed by atoms with van der Waals surface area (Å²) in [6.45, 7) is 1.74. The van der Waals surface area contributed by atoms with Crippen LogP contribution in [0.3, 0.4) is 0 Å². The molecule has 52 valence electrons. The maximum atomic E-state index is 12.4. The fourth-order valence-electron chi connectivity index (χ4n) is 0.669. The van der Waals surface area contributed by atoms with Gasteiger partial charge in [-0.15, -0.1) is 0 Å². The third kappa shape index (κ3) is 1.18. The summed E-state index contributed by atoms with van der Waals surface area (Å²) in [5.74, 6) is -0.399. The van der Waals surface area contributed by atoms with Crippen LogP contribution in [-0.4, -0.2) is 11.2 Å². The standard InChI is InChI=1S/C7H7FN2/c1-5-6(3-9)2-7(8)4-10-5/h2-4,9H,1H3. The molecule has 0 aromatic carbocycles. The quantitative estimate of drug-likeness (QED) is 0.587. The first kappa shape index (κ1) is 6.86. The van der Waals surface area contributed by atoms with Gasteiger partial charge in [-0.05, 0) is 13.0 Å². The van der Waals surface area contributed by atoms with E-state index in [0.717, 1.165) is 12.4 Å². The smallest absolute Gasteiger partial charge is 0.142 e. The first-order valence-corrected chi connectivity index (χ1v) is 2.86. The number of nitrogens with zero attached hydrogens (tertiary/aromatic N) is 1. The molecule has 10 heavy (non-hydrogen) atoms. The summed E-state index contributed by atoms with van der Waals surface area (Å²) in [5.41, 5.74) is 1.21. The largest absolute Gasteiger partial charge is 0.308 e. The van der Waals surface area contributed by atoms with Crippen molar-refractivity contribution in [2.24, 2.45) is 0 Å². The lowest BCUT2D eigenvalue weighted by Crippen LogP contribution is -1.91. The average Bonchev–Trinajstić information content (AvgIpc) is 1.94. The first-order chi connectivity index (χ1) is 4.74. The topological polar surface area (TPSA) is 36.7 Å². The summed E-state index contributed by atoms with van der Waals surface area (Å²) in [6, 6.07) is 1.29. The summed E-state index contributed by atoms with van der Waals surface area (Å²) in [7, 11) is 0. The highest BCUT2D eigenvalue weighted by molar-refractivity contribution is 5.78. The van der Waals surface area contributed by atoms with Crippen molar-refractivity contribution < 1.29 is 4.39 Å². The van der Waals surface area contributed by atoms with Gasteiger partial charge < -0.3 is 5.41 Å². The molecule has 0 radical (unpaired) electrons. The molecule has 0 saturated heterocycles. The van der Waals surface area contributed by atoms with Crippen molar-refractivity contribution in [1.29, 1.82) is 5.41 Å². The van der Waals surface area contributed by atoms with Crippen molar-refractivity contribution in [2.75, 3.05) is 0 Å². The average molecular weight is 138 g/mol. The van der Waals surface area contributed by atoms with E-state index in [1.54, 1.807) is 6.92 Å². The molecule has 0 fully saturated rings. The second kappa shape index (κ2) is 2.56. The molecule has 2 nitrogen and oxygen atoms in total. The van der Waals surface area contributed by atoms with Crippen molar-refractivity contribution >= 4 is 6.21 Å². The van der Waals surface area contributed by atoms with E-state index in [-0.39, 0.29) is 0 Å². The lowest BCUT2D eigenvalue weighted by Gasteiger charge is -1.95. The van der Waals surface area contributed by atoms with Gasteiger partial charge in [-0.2, -0.15) is 0 Å². The third-order valence-corrected chi connectivity index (χ3v) is 1.25. The molecule has 1 N–H and O–H groups in total. The van der Waals surface area contributed by atoms with Crippen LogP contribution >= 0.6 is 0 Å². The number of rotatable bonds is 1. The van der Waals surface area contributed by atoms with Crippen LogP contribution in [-0.2, 0) is 0 Å². The van der Waals surface area contributed by atoms with Crippen LogP contribution in [0.2, 0.25) is 0 Å². The Bertz CT molecular complexity index is 258. The molecule has 0 saturated carbocycles. The van der Waals surface area contributed by atoms with Crippen molar-refractivity contribution in [2.45, 2.75) is 6.92 Å². The van der Waals surface area contributed by atoms with Crippen molar-refractivity contribution in [1.82, 2.24) is 4.98 Å². The van der Waals surface area contributed by atoms with E-state index < -0.39 is 5.82 Å². The third-order valence-electron chi connectivity index (χ3n) is 1.25. The molecular formula is C7H7FN2. The molecule has 0 spiro atoms. The van der Waals surface area contributed by atoms with Gasteiger partial charge in [0.15, 0.2) is 0 Å². The fourth-order valence-corrected chi connectivity index (χ4v) is 0.669. The first-order valence-electron chi connectivity index (χ1n) is 2.86. The molecule has 1 heterocycles. The lowest BCUT2D eigenvalue weighted by atomic mass is 10.2. The lowest BCUT2D eigenvalue weighted by molar-refractivity contribution is 0.620. The highest BCUT2D eigenvalue weighted by Gasteiger charge is 1.96. The van der Waals surface area contributed by atoms with E-state index >= 15 is 0 Å². The van der Waals surface area contributed by atoms with Gasteiger partial charge in [-0.3, -0.25) is 4.98 Å².